The molecule has 0 saturated heterocycles. The first-order valence-electron chi connectivity index (χ1n) is 6.33. The van der Waals surface area contributed by atoms with Crippen LogP contribution in [0.4, 0.5) is 0 Å². The van der Waals surface area contributed by atoms with E-state index in [0.29, 0.717) is 11.6 Å². The van der Waals surface area contributed by atoms with Crippen LogP contribution in [0.25, 0.3) is 0 Å². The lowest BCUT2D eigenvalue weighted by molar-refractivity contribution is -0.123. The van der Waals surface area contributed by atoms with Crippen LogP contribution in [0.2, 0.25) is 5.02 Å². The number of amides is 1. The molecular weight excluding hydrogens is 316 g/mol. The fourth-order valence-corrected chi connectivity index (χ4v) is 2.96. The number of nitrogens with one attached hydrogen (secondary N) is 2. The molecule has 0 aliphatic carbocycles. The van der Waals surface area contributed by atoms with Gasteiger partial charge in [-0.05, 0) is 38.1 Å². The lowest BCUT2D eigenvalue weighted by Crippen LogP contribution is -2.48. The van der Waals surface area contributed by atoms with Crippen molar-refractivity contribution in [3.63, 3.8) is 0 Å². The van der Waals surface area contributed by atoms with E-state index < -0.39 is 22.0 Å². The summed E-state index contributed by atoms with van der Waals surface area (Å²) in [6.07, 6.45) is 0. The Balaban J connectivity index is 2.70. The van der Waals surface area contributed by atoms with E-state index in [-0.39, 0.29) is 10.9 Å². The fraction of sp³-hybridized carbons (Fsp3) is 0.462. The molecule has 0 fully saturated rings. The molecule has 0 bridgehead atoms. The minimum Gasteiger partial charge on any atom is -0.383 e. The monoisotopic (exact) mass is 334 g/mol. The van der Waals surface area contributed by atoms with E-state index in [9.17, 15) is 13.2 Å². The second kappa shape index (κ2) is 7.74. The molecule has 118 valence electrons. The minimum atomic E-state index is -3.77. The third-order valence-electron chi connectivity index (χ3n) is 2.65. The smallest absolute Gasteiger partial charge is 0.241 e. The number of hydrogen-bond donors (Lipinski definition) is 2. The van der Waals surface area contributed by atoms with Crippen LogP contribution >= 0.6 is 11.6 Å². The number of ether oxygens (including phenoxy) is 1. The summed E-state index contributed by atoms with van der Waals surface area (Å²) < 4.78 is 31.4. The molecule has 8 heteroatoms. The first kappa shape index (κ1) is 17.9. The molecule has 0 spiro atoms. The van der Waals surface area contributed by atoms with Gasteiger partial charge < -0.3 is 10.1 Å². The number of methoxy groups -OCH3 is 1. The Morgan fingerprint density at radius 2 is 1.86 bits per heavy atom. The van der Waals surface area contributed by atoms with E-state index in [0.717, 1.165) is 0 Å². The molecule has 0 radical (unpaired) electrons. The molecule has 21 heavy (non-hydrogen) atoms. The number of halogens is 1. The summed E-state index contributed by atoms with van der Waals surface area (Å²) in [5.74, 6) is -0.419. The number of hydrogen-bond acceptors (Lipinski definition) is 4. The van der Waals surface area contributed by atoms with Gasteiger partial charge in [-0.25, -0.2) is 8.42 Å². The molecule has 1 amide bonds. The number of carbonyl (C=O) groups excluding carboxylic acids is 1. The van der Waals surface area contributed by atoms with Gasteiger partial charge >= 0.3 is 0 Å². The minimum absolute atomic E-state index is 0.0523. The highest BCUT2D eigenvalue weighted by molar-refractivity contribution is 7.89. The maximum Gasteiger partial charge on any atom is 0.241 e. The zero-order valence-electron chi connectivity index (χ0n) is 12.1. The normalized spacial score (nSPS) is 14.5. The first-order valence-corrected chi connectivity index (χ1v) is 8.19. The molecule has 1 aromatic carbocycles. The van der Waals surface area contributed by atoms with Crippen LogP contribution in [0.15, 0.2) is 29.2 Å². The van der Waals surface area contributed by atoms with Gasteiger partial charge in [0.25, 0.3) is 0 Å². The molecule has 0 unspecified atom stereocenters. The van der Waals surface area contributed by atoms with Gasteiger partial charge in [0.2, 0.25) is 15.9 Å². The SMILES string of the molecule is COC[C@H](C)NC(=O)[C@@H](C)NS(=O)(=O)c1ccc(Cl)cc1. The second-order valence-corrected chi connectivity index (χ2v) is 6.81. The van der Waals surface area contributed by atoms with E-state index in [2.05, 4.69) is 10.0 Å². The highest BCUT2D eigenvalue weighted by Gasteiger charge is 2.22. The van der Waals surface area contributed by atoms with Crippen LogP contribution in [0, 0.1) is 0 Å². The number of benzene rings is 1. The Morgan fingerprint density at radius 1 is 1.29 bits per heavy atom. The third-order valence-corrected chi connectivity index (χ3v) is 4.46. The Morgan fingerprint density at radius 3 is 2.38 bits per heavy atom. The van der Waals surface area contributed by atoms with Gasteiger partial charge in [-0.2, -0.15) is 4.72 Å². The molecule has 1 rings (SSSR count). The third kappa shape index (κ3) is 5.62. The molecule has 6 nitrogen and oxygen atoms in total. The van der Waals surface area contributed by atoms with Crippen molar-refractivity contribution in [1.29, 1.82) is 0 Å². The van der Waals surface area contributed by atoms with Crippen LogP contribution in [0.3, 0.4) is 0 Å². The Labute approximate surface area is 129 Å². The Kier molecular flexibility index (Phi) is 6.60. The van der Waals surface area contributed by atoms with Gasteiger partial charge in [0.15, 0.2) is 0 Å². The maximum atomic E-state index is 12.1. The molecule has 1 aromatic rings. The van der Waals surface area contributed by atoms with Crippen molar-refractivity contribution in [3.8, 4) is 0 Å². The van der Waals surface area contributed by atoms with Crippen molar-refractivity contribution in [2.45, 2.75) is 30.8 Å². The summed E-state index contributed by atoms with van der Waals surface area (Å²) in [6, 6.07) is 4.60. The predicted molar refractivity (Wildman–Crippen MR) is 80.7 cm³/mol. The van der Waals surface area contributed by atoms with Crippen molar-refractivity contribution >= 4 is 27.5 Å². The molecule has 0 saturated carbocycles. The van der Waals surface area contributed by atoms with E-state index in [1.807, 2.05) is 0 Å². The van der Waals surface area contributed by atoms with E-state index in [4.69, 9.17) is 16.3 Å². The van der Waals surface area contributed by atoms with E-state index in [1.165, 1.54) is 38.3 Å². The maximum absolute atomic E-state index is 12.1. The summed E-state index contributed by atoms with van der Waals surface area (Å²) in [5, 5.41) is 3.09. The lowest BCUT2D eigenvalue weighted by Gasteiger charge is -2.18. The van der Waals surface area contributed by atoms with Gasteiger partial charge in [-0.1, -0.05) is 11.6 Å². The van der Waals surface area contributed by atoms with Crippen molar-refractivity contribution < 1.29 is 17.9 Å². The lowest BCUT2D eigenvalue weighted by atomic mass is 10.3. The fourth-order valence-electron chi connectivity index (χ4n) is 1.63. The first-order chi connectivity index (χ1) is 9.76. The van der Waals surface area contributed by atoms with Crippen molar-refractivity contribution in [1.82, 2.24) is 10.0 Å². The van der Waals surface area contributed by atoms with Gasteiger partial charge in [0, 0.05) is 18.2 Å². The van der Waals surface area contributed by atoms with Crippen LogP contribution in [0.5, 0.6) is 0 Å². The summed E-state index contributed by atoms with van der Waals surface area (Å²) in [5.41, 5.74) is 0. The molecule has 0 aromatic heterocycles. The average molecular weight is 335 g/mol. The van der Waals surface area contributed by atoms with E-state index in [1.54, 1.807) is 6.92 Å². The molecule has 2 N–H and O–H groups in total. The van der Waals surface area contributed by atoms with Gasteiger partial charge in [0.05, 0.1) is 17.5 Å². The van der Waals surface area contributed by atoms with Crippen LogP contribution in [0.1, 0.15) is 13.8 Å². The van der Waals surface area contributed by atoms with Crippen molar-refractivity contribution in [2.75, 3.05) is 13.7 Å². The standard InChI is InChI=1S/C13H19ClN2O4S/c1-9(8-20-3)15-13(17)10(2)16-21(18,19)12-6-4-11(14)5-7-12/h4-7,9-10,16H,8H2,1-3H3,(H,15,17)/t9-,10+/m0/s1. The highest BCUT2D eigenvalue weighted by atomic mass is 35.5. The van der Waals surface area contributed by atoms with Gasteiger partial charge in [-0.3, -0.25) is 4.79 Å². The topological polar surface area (TPSA) is 84.5 Å². The quantitative estimate of drug-likeness (QED) is 0.783. The zero-order valence-corrected chi connectivity index (χ0v) is 13.7. The summed E-state index contributed by atoms with van der Waals surface area (Å²) in [7, 11) is -2.25. The van der Waals surface area contributed by atoms with Gasteiger partial charge in [0.1, 0.15) is 0 Å². The number of rotatable bonds is 7. The van der Waals surface area contributed by atoms with Crippen LogP contribution in [-0.4, -0.2) is 40.1 Å². The van der Waals surface area contributed by atoms with Crippen LogP contribution < -0.4 is 10.0 Å². The average Bonchev–Trinajstić information content (AvgIpc) is 2.38. The summed E-state index contributed by atoms with van der Waals surface area (Å²) in [6.45, 7) is 3.59. The Bertz CT molecular complexity index is 574. The Hall–Kier alpha value is -1.15. The van der Waals surface area contributed by atoms with Crippen molar-refractivity contribution in [2.24, 2.45) is 0 Å². The molecule has 0 aliphatic heterocycles. The molecule has 2 atom stereocenters. The van der Waals surface area contributed by atoms with Gasteiger partial charge in [-0.15, -0.1) is 0 Å². The second-order valence-electron chi connectivity index (χ2n) is 4.66. The molecule has 0 heterocycles. The zero-order chi connectivity index (χ0) is 16.0. The van der Waals surface area contributed by atoms with Crippen molar-refractivity contribution in [3.05, 3.63) is 29.3 Å². The predicted octanol–water partition coefficient (Wildman–Crippen LogP) is 1.16. The summed E-state index contributed by atoms with van der Waals surface area (Å²) in [4.78, 5) is 11.9. The number of sulfonamides is 1. The number of carbonyl (C=O) groups is 1. The van der Waals surface area contributed by atoms with E-state index >= 15 is 0 Å². The highest BCUT2D eigenvalue weighted by Crippen LogP contribution is 2.14. The molecular formula is C13H19ClN2O4S. The molecule has 0 aliphatic rings. The summed E-state index contributed by atoms with van der Waals surface area (Å²) >= 11 is 5.71. The van der Waals surface area contributed by atoms with Crippen LogP contribution in [-0.2, 0) is 19.6 Å². The largest absolute Gasteiger partial charge is 0.383 e.